The highest BCUT2D eigenvalue weighted by atomic mass is 35.5. The van der Waals surface area contributed by atoms with Gasteiger partial charge in [0.15, 0.2) is 0 Å². The normalized spacial score (nSPS) is 12.0. The van der Waals surface area contributed by atoms with Gasteiger partial charge in [-0.2, -0.15) is 0 Å². The van der Waals surface area contributed by atoms with Crippen LogP contribution in [-0.2, 0) is 0 Å². The van der Waals surface area contributed by atoms with Crippen LogP contribution in [0.2, 0.25) is 5.02 Å². The molecule has 21 heavy (non-hydrogen) atoms. The number of benzene rings is 1. The van der Waals surface area contributed by atoms with Gasteiger partial charge in [-0.05, 0) is 13.0 Å². The minimum Gasteiger partial charge on any atom is -0.322 e. The van der Waals surface area contributed by atoms with Crippen LogP contribution < -0.4 is 11.1 Å². The second kappa shape index (κ2) is 6.17. The maximum absolute atomic E-state index is 12.0. The molecule has 0 aliphatic heterocycles. The van der Waals surface area contributed by atoms with Crippen LogP contribution in [-0.4, -0.2) is 15.8 Å². The van der Waals surface area contributed by atoms with Crippen molar-refractivity contribution in [3.05, 3.63) is 49.4 Å². The number of hydrogen-bond donors (Lipinski definition) is 2. The first-order valence-corrected chi connectivity index (χ1v) is 7.10. The monoisotopic (exact) mass is 326 g/mol. The molecule has 0 spiro atoms. The van der Waals surface area contributed by atoms with Crippen molar-refractivity contribution >= 4 is 40.2 Å². The molecule has 2 aromatic rings. The van der Waals surface area contributed by atoms with E-state index in [1.54, 1.807) is 12.3 Å². The summed E-state index contributed by atoms with van der Waals surface area (Å²) in [5, 5.41) is 15.5. The van der Waals surface area contributed by atoms with E-state index in [4.69, 9.17) is 17.3 Å². The van der Waals surface area contributed by atoms with Crippen molar-refractivity contribution in [3.8, 4) is 0 Å². The molecule has 0 saturated heterocycles. The summed E-state index contributed by atoms with van der Waals surface area (Å²) >= 11 is 7.19. The molecule has 0 bridgehead atoms. The molecule has 1 atom stereocenters. The number of aromatic nitrogens is 1. The molecular weight excluding hydrogens is 316 g/mol. The van der Waals surface area contributed by atoms with E-state index in [2.05, 4.69) is 10.3 Å². The Kier molecular flexibility index (Phi) is 4.51. The van der Waals surface area contributed by atoms with Gasteiger partial charge in [0.2, 0.25) is 0 Å². The zero-order chi connectivity index (χ0) is 15.6. The lowest BCUT2D eigenvalue weighted by atomic mass is 10.2. The third kappa shape index (κ3) is 3.54. The summed E-state index contributed by atoms with van der Waals surface area (Å²) in [7, 11) is 0. The second-order valence-electron chi connectivity index (χ2n) is 4.24. The molecule has 3 N–H and O–H groups in total. The SMILES string of the molecule is CC(N)c1nc(C(=O)Nc2ccc([N+](=O)[O-])cc2Cl)cs1. The van der Waals surface area contributed by atoms with E-state index in [9.17, 15) is 14.9 Å². The van der Waals surface area contributed by atoms with Crippen molar-refractivity contribution < 1.29 is 9.72 Å². The van der Waals surface area contributed by atoms with Crippen LogP contribution in [0.5, 0.6) is 0 Å². The molecule has 1 aromatic heterocycles. The number of carbonyl (C=O) groups excluding carboxylic acids is 1. The number of thiazole rings is 1. The molecule has 0 aliphatic carbocycles. The van der Waals surface area contributed by atoms with Crippen molar-refractivity contribution in [1.82, 2.24) is 4.98 Å². The van der Waals surface area contributed by atoms with E-state index in [0.29, 0.717) is 5.01 Å². The summed E-state index contributed by atoms with van der Waals surface area (Å²) < 4.78 is 0. The molecule has 0 radical (unpaired) electrons. The van der Waals surface area contributed by atoms with Gasteiger partial charge in [0.25, 0.3) is 11.6 Å². The van der Waals surface area contributed by atoms with E-state index < -0.39 is 10.8 Å². The van der Waals surface area contributed by atoms with Gasteiger partial charge in [-0.15, -0.1) is 11.3 Å². The number of nitro benzene ring substituents is 1. The molecular formula is C12H11ClN4O3S. The Bertz CT molecular complexity index is 702. The van der Waals surface area contributed by atoms with Gasteiger partial charge in [-0.25, -0.2) is 4.98 Å². The maximum atomic E-state index is 12.0. The highest BCUT2D eigenvalue weighted by Crippen LogP contribution is 2.27. The molecule has 7 nitrogen and oxygen atoms in total. The molecule has 1 amide bonds. The smallest absolute Gasteiger partial charge is 0.275 e. The number of nitrogens with zero attached hydrogens (tertiary/aromatic N) is 2. The first-order valence-electron chi connectivity index (χ1n) is 5.84. The summed E-state index contributed by atoms with van der Waals surface area (Å²) in [5.74, 6) is -0.450. The van der Waals surface area contributed by atoms with Gasteiger partial charge < -0.3 is 11.1 Å². The average Bonchev–Trinajstić information content (AvgIpc) is 2.90. The Hall–Kier alpha value is -2.03. The van der Waals surface area contributed by atoms with Gasteiger partial charge >= 0.3 is 0 Å². The van der Waals surface area contributed by atoms with E-state index in [0.717, 1.165) is 0 Å². The Morgan fingerprint density at radius 2 is 2.29 bits per heavy atom. The van der Waals surface area contributed by atoms with Crippen LogP contribution in [0.15, 0.2) is 23.6 Å². The first-order chi connectivity index (χ1) is 9.88. The Morgan fingerprint density at radius 3 is 2.81 bits per heavy atom. The largest absolute Gasteiger partial charge is 0.322 e. The summed E-state index contributed by atoms with van der Waals surface area (Å²) in [6, 6.07) is 3.55. The minimum atomic E-state index is -0.563. The third-order valence-corrected chi connectivity index (χ3v) is 3.91. The molecule has 2 rings (SSSR count). The van der Waals surface area contributed by atoms with Crippen molar-refractivity contribution in [3.63, 3.8) is 0 Å². The lowest BCUT2D eigenvalue weighted by Gasteiger charge is -2.05. The molecule has 110 valence electrons. The quantitative estimate of drug-likeness (QED) is 0.662. The molecule has 0 saturated carbocycles. The van der Waals surface area contributed by atoms with Gasteiger partial charge in [-0.3, -0.25) is 14.9 Å². The molecule has 1 heterocycles. The number of amides is 1. The zero-order valence-corrected chi connectivity index (χ0v) is 12.4. The molecule has 0 aliphatic rings. The Morgan fingerprint density at radius 1 is 1.57 bits per heavy atom. The number of hydrogen-bond acceptors (Lipinski definition) is 6. The maximum Gasteiger partial charge on any atom is 0.275 e. The number of carbonyl (C=O) groups is 1. The van der Waals surface area contributed by atoms with Crippen molar-refractivity contribution in [2.45, 2.75) is 13.0 Å². The zero-order valence-electron chi connectivity index (χ0n) is 10.9. The van der Waals surface area contributed by atoms with E-state index in [1.165, 1.54) is 29.5 Å². The molecule has 0 fully saturated rings. The summed E-state index contributed by atoms with van der Waals surface area (Å²) in [4.78, 5) is 26.2. The topological polar surface area (TPSA) is 111 Å². The van der Waals surface area contributed by atoms with Crippen molar-refractivity contribution in [1.29, 1.82) is 0 Å². The average molecular weight is 327 g/mol. The number of anilines is 1. The first kappa shape index (κ1) is 15.4. The van der Waals surface area contributed by atoms with E-state index >= 15 is 0 Å². The number of nitrogens with two attached hydrogens (primary N) is 1. The van der Waals surface area contributed by atoms with Crippen molar-refractivity contribution in [2.75, 3.05) is 5.32 Å². The number of non-ortho nitro benzene ring substituents is 1. The minimum absolute atomic E-state index is 0.0835. The van der Waals surface area contributed by atoms with Crippen LogP contribution >= 0.6 is 22.9 Å². The molecule has 1 unspecified atom stereocenters. The van der Waals surface area contributed by atoms with Crippen LogP contribution in [0.3, 0.4) is 0 Å². The van der Waals surface area contributed by atoms with E-state index in [-0.39, 0.29) is 28.1 Å². The van der Waals surface area contributed by atoms with Gasteiger partial charge in [-0.1, -0.05) is 11.6 Å². The lowest BCUT2D eigenvalue weighted by molar-refractivity contribution is -0.384. The number of nitrogens with one attached hydrogen (secondary N) is 1. The number of halogens is 1. The van der Waals surface area contributed by atoms with Gasteiger partial charge in [0, 0.05) is 17.5 Å². The fraction of sp³-hybridized carbons (Fsp3) is 0.167. The lowest BCUT2D eigenvalue weighted by Crippen LogP contribution is -2.13. The van der Waals surface area contributed by atoms with Crippen LogP contribution in [0, 0.1) is 10.1 Å². The highest BCUT2D eigenvalue weighted by molar-refractivity contribution is 7.09. The number of rotatable bonds is 4. The predicted molar refractivity (Wildman–Crippen MR) is 80.8 cm³/mol. The Balaban J connectivity index is 2.17. The Labute approximate surface area is 128 Å². The van der Waals surface area contributed by atoms with Crippen LogP contribution in [0.1, 0.15) is 28.5 Å². The predicted octanol–water partition coefficient (Wildman–Crippen LogP) is 2.98. The van der Waals surface area contributed by atoms with Crippen molar-refractivity contribution in [2.24, 2.45) is 5.73 Å². The van der Waals surface area contributed by atoms with E-state index in [1.807, 2.05) is 0 Å². The summed E-state index contributed by atoms with van der Waals surface area (Å²) in [5.41, 5.74) is 6.04. The molecule has 1 aromatic carbocycles. The second-order valence-corrected chi connectivity index (χ2v) is 5.53. The highest BCUT2D eigenvalue weighted by Gasteiger charge is 2.15. The van der Waals surface area contributed by atoms with Gasteiger partial charge in [0.1, 0.15) is 10.7 Å². The summed E-state index contributed by atoms with van der Waals surface area (Å²) in [6.07, 6.45) is 0. The van der Waals surface area contributed by atoms with Gasteiger partial charge in [0.05, 0.1) is 21.7 Å². The van der Waals surface area contributed by atoms with Crippen LogP contribution in [0.4, 0.5) is 11.4 Å². The third-order valence-electron chi connectivity index (χ3n) is 2.56. The molecule has 9 heteroatoms. The fourth-order valence-corrected chi connectivity index (χ4v) is 2.49. The fourth-order valence-electron chi connectivity index (χ4n) is 1.51. The number of nitro groups is 1. The summed E-state index contributed by atoms with van der Waals surface area (Å²) in [6.45, 7) is 1.77. The standard InChI is InChI=1S/C12H11ClN4O3S/c1-6(14)12-16-10(5-21-12)11(18)15-9-3-2-7(17(19)20)4-8(9)13/h2-6H,14H2,1H3,(H,15,18). The van der Waals surface area contributed by atoms with Crippen LogP contribution in [0.25, 0.3) is 0 Å².